The predicted molar refractivity (Wildman–Crippen MR) is 133 cm³/mol. The van der Waals surface area contributed by atoms with E-state index in [2.05, 4.69) is 23.2 Å². The molecule has 0 unspecified atom stereocenters. The largest absolute Gasteiger partial charge is 0.497 e. The lowest BCUT2D eigenvalue weighted by Gasteiger charge is -2.27. The van der Waals surface area contributed by atoms with Gasteiger partial charge in [0.05, 0.1) is 29.1 Å². The van der Waals surface area contributed by atoms with Crippen LogP contribution >= 0.6 is 11.6 Å². The Morgan fingerprint density at radius 3 is 2.76 bits per heavy atom. The van der Waals surface area contributed by atoms with Gasteiger partial charge >= 0.3 is 0 Å². The standard InChI is InChI=1S/C26H22ClN3O4/c1-28-30(18-8-11-24-25(13-18)34-15-33-24)23-5-3-4-16-6-7-17(12-21(16)23)29-26(31)20-10-9-19(32-2)14-22(20)27/h5-14H,1,3-4,15H2,2H3,(H,29,31). The molecule has 3 aromatic rings. The molecule has 0 fully saturated rings. The second kappa shape index (κ2) is 9.11. The van der Waals surface area contributed by atoms with Crippen molar-refractivity contribution in [1.29, 1.82) is 0 Å². The molecule has 0 aromatic heterocycles. The van der Waals surface area contributed by atoms with E-state index >= 15 is 0 Å². The van der Waals surface area contributed by atoms with Gasteiger partial charge in [-0.15, -0.1) is 0 Å². The maximum atomic E-state index is 12.9. The van der Waals surface area contributed by atoms with Gasteiger partial charge < -0.3 is 19.5 Å². The van der Waals surface area contributed by atoms with Crippen molar-refractivity contribution in [1.82, 2.24) is 0 Å². The third kappa shape index (κ3) is 4.06. The first-order valence-electron chi connectivity index (χ1n) is 10.7. The van der Waals surface area contributed by atoms with Crippen LogP contribution in [0.15, 0.2) is 65.8 Å². The van der Waals surface area contributed by atoms with Gasteiger partial charge in [0, 0.05) is 24.0 Å². The molecule has 8 heteroatoms. The lowest BCUT2D eigenvalue weighted by Crippen LogP contribution is -2.18. The van der Waals surface area contributed by atoms with Crippen LogP contribution in [0.2, 0.25) is 5.02 Å². The zero-order valence-electron chi connectivity index (χ0n) is 18.5. The quantitative estimate of drug-likeness (QED) is 0.363. The fraction of sp³-hybridized carbons (Fsp3) is 0.154. The summed E-state index contributed by atoms with van der Waals surface area (Å²) in [7, 11) is 1.55. The van der Waals surface area contributed by atoms with E-state index < -0.39 is 0 Å². The molecule has 0 radical (unpaired) electrons. The summed E-state index contributed by atoms with van der Waals surface area (Å²) in [6, 6.07) is 16.5. The minimum atomic E-state index is -0.302. The van der Waals surface area contributed by atoms with Crippen molar-refractivity contribution in [2.75, 3.05) is 24.2 Å². The molecule has 0 saturated carbocycles. The van der Waals surface area contributed by atoms with Gasteiger partial charge in [-0.2, -0.15) is 5.10 Å². The van der Waals surface area contributed by atoms with E-state index in [1.165, 1.54) is 0 Å². The molecule has 0 bridgehead atoms. The van der Waals surface area contributed by atoms with Crippen LogP contribution in [0.25, 0.3) is 5.70 Å². The Labute approximate surface area is 202 Å². The van der Waals surface area contributed by atoms with Crippen LogP contribution in [0, 0.1) is 0 Å². The number of hydrogen-bond donors (Lipinski definition) is 1. The number of benzene rings is 3. The van der Waals surface area contributed by atoms with Crippen molar-refractivity contribution >= 4 is 41.3 Å². The van der Waals surface area contributed by atoms with Crippen LogP contribution in [-0.2, 0) is 6.42 Å². The van der Waals surface area contributed by atoms with E-state index in [0.717, 1.165) is 35.4 Å². The van der Waals surface area contributed by atoms with Gasteiger partial charge in [-0.3, -0.25) is 4.79 Å². The minimum absolute atomic E-state index is 0.201. The Balaban J connectivity index is 1.44. The summed E-state index contributed by atoms with van der Waals surface area (Å²) >= 11 is 6.28. The Morgan fingerprint density at radius 1 is 1.12 bits per heavy atom. The lowest BCUT2D eigenvalue weighted by atomic mass is 9.93. The molecule has 5 rings (SSSR count). The number of ether oxygens (including phenoxy) is 3. The van der Waals surface area contributed by atoms with Gasteiger partial charge in [-0.1, -0.05) is 23.7 Å². The van der Waals surface area contributed by atoms with Crippen LogP contribution in [0.1, 0.15) is 27.9 Å². The topological polar surface area (TPSA) is 72.4 Å². The summed E-state index contributed by atoms with van der Waals surface area (Å²) in [4.78, 5) is 12.9. The van der Waals surface area contributed by atoms with Gasteiger partial charge in [0.1, 0.15) is 5.75 Å². The van der Waals surface area contributed by atoms with Crippen LogP contribution in [-0.4, -0.2) is 26.5 Å². The van der Waals surface area contributed by atoms with E-state index in [9.17, 15) is 4.79 Å². The van der Waals surface area contributed by atoms with Crippen LogP contribution in [0.5, 0.6) is 17.2 Å². The van der Waals surface area contributed by atoms with E-state index in [-0.39, 0.29) is 12.7 Å². The Bertz CT molecular complexity index is 1320. The monoisotopic (exact) mass is 475 g/mol. The number of nitrogens with zero attached hydrogens (tertiary/aromatic N) is 2. The number of rotatable bonds is 6. The number of fused-ring (bicyclic) bond motifs is 2. The van der Waals surface area contributed by atoms with Crippen molar-refractivity contribution in [3.05, 3.63) is 82.4 Å². The highest BCUT2D eigenvalue weighted by Crippen LogP contribution is 2.40. The molecule has 2 aliphatic rings. The van der Waals surface area contributed by atoms with Crippen LogP contribution < -0.4 is 24.5 Å². The van der Waals surface area contributed by atoms with Crippen molar-refractivity contribution < 1.29 is 19.0 Å². The number of carbonyl (C=O) groups excluding carboxylic acids is 1. The number of anilines is 2. The average Bonchev–Trinajstić information content (AvgIpc) is 3.32. The number of nitrogens with one attached hydrogen (secondary N) is 1. The summed E-state index contributed by atoms with van der Waals surface area (Å²) in [5.74, 6) is 1.65. The Kier molecular flexibility index (Phi) is 5.86. The third-order valence-corrected chi connectivity index (χ3v) is 6.10. The number of allylic oxidation sites excluding steroid dienone is 1. The maximum absolute atomic E-state index is 12.9. The van der Waals surface area contributed by atoms with E-state index in [1.807, 2.05) is 36.4 Å². The highest BCUT2D eigenvalue weighted by atomic mass is 35.5. The first-order chi connectivity index (χ1) is 16.6. The van der Waals surface area contributed by atoms with E-state index in [0.29, 0.717) is 33.5 Å². The fourth-order valence-corrected chi connectivity index (χ4v) is 4.36. The lowest BCUT2D eigenvalue weighted by molar-refractivity contribution is 0.102. The highest BCUT2D eigenvalue weighted by Gasteiger charge is 2.23. The normalized spacial score (nSPS) is 13.5. The summed E-state index contributed by atoms with van der Waals surface area (Å²) in [5.41, 5.74) is 4.83. The summed E-state index contributed by atoms with van der Waals surface area (Å²) in [6.07, 6.45) is 3.88. The minimum Gasteiger partial charge on any atom is -0.497 e. The molecular weight excluding hydrogens is 454 g/mol. The first kappa shape index (κ1) is 21.9. The number of amides is 1. The van der Waals surface area contributed by atoms with E-state index in [4.69, 9.17) is 25.8 Å². The van der Waals surface area contributed by atoms with Crippen molar-refractivity contribution in [2.24, 2.45) is 5.10 Å². The van der Waals surface area contributed by atoms with Gasteiger partial charge in [0.2, 0.25) is 6.79 Å². The molecule has 7 nitrogen and oxygen atoms in total. The fourth-order valence-electron chi connectivity index (χ4n) is 4.10. The molecule has 1 aliphatic heterocycles. The summed E-state index contributed by atoms with van der Waals surface area (Å²) in [6.45, 7) is 3.98. The number of hydrazone groups is 1. The van der Waals surface area contributed by atoms with Gasteiger partial charge in [0.25, 0.3) is 5.91 Å². The molecule has 1 N–H and O–H groups in total. The number of hydrogen-bond acceptors (Lipinski definition) is 6. The Hall–Kier alpha value is -3.97. The second-order valence-corrected chi connectivity index (χ2v) is 8.20. The molecule has 34 heavy (non-hydrogen) atoms. The number of aryl methyl sites for hydroxylation is 1. The third-order valence-electron chi connectivity index (χ3n) is 5.79. The number of halogens is 1. The van der Waals surface area contributed by atoms with Crippen molar-refractivity contribution in [3.63, 3.8) is 0 Å². The molecular formula is C26H22ClN3O4. The van der Waals surface area contributed by atoms with Gasteiger partial charge in [0.15, 0.2) is 11.5 Å². The molecule has 172 valence electrons. The van der Waals surface area contributed by atoms with Crippen LogP contribution in [0.3, 0.4) is 0 Å². The molecule has 1 heterocycles. The van der Waals surface area contributed by atoms with Gasteiger partial charge in [-0.05, 0) is 60.9 Å². The average molecular weight is 476 g/mol. The molecule has 3 aromatic carbocycles. The van der Waals surface area contributed by atoms with E-state index in [1.54, 1.807) is 30.3 Å². The maximum Gasteiger partial charge on any atom is 0.257 e. The SMILES string of the molecule is C=NN(C1=CCCc2ccc(NC(=O)c3ccc(OC)cc3Cl)cc21)c1ccc2c(c1)OCO2. The highest BCUT2D eigenvalue weighted by molar-refractivity contribution is 6.34. The Morgan fingerprint density at radius 2 is 1.97 bits per heavy atom. The summed E-state index contributed by atoms with van der Waals surface area (Å²) < 4.78 is 16.1. The van der Waals surface area contributed by atoms with Crippen molar-refractivity contribution in [3.8, 4) is 17.2 Å². The zero-order valence-corrected chi connectivity index (χ0v) is 19.3. The number of methoxy groups -OCH3 is 1. The molecule has 1 aliphatic carbocycles. The van der Waals surface area contributed by atoms with Crippen molar-refractivity contribution in [2.45, 2.75) is 12.8 Å². The van der Waals surface area contributed by atoms with Gasteiger partial charge in [-0.25, -0.2) is 5.01 Å². The number of carbonyl (C=O) groups is 1. The van der Waals surface area contributed by atoms with Crippen LogP contribution in [0.4, 0.5) is 11.4 Å². The second-order valence-electron chi connectivity index (χ2n) is 7.79. The first-order valence-corrected chi connectivity index (χ1v) is 11.1. The molecule has 0 saturated heterocycles. The predicted octanol–water partition coefficient (Wildman–Crippen LogP) is 5.74. The summed E-state index contributed by atoms with van der Waals surface area (Å²) in [5, 5.41) is 9.31. The smallest absolute Gasteiger partial charge is 0.257 e. The zero-order chi connectivity index (χ0) is 23.7. The molecule has 1 amide bonds. The molecule has 0 atom stereocenters. The molecule has 0 spiro atoms.